The number of rotatable bonds is 1. The summed E-state index contributed by atoms with van der Waals surface area (Å²) in [5.74, 6) is -5.86. The van der Waals surface area contributed by atoms with Crippen molar-refractivity contribution in [2.24, 2.45) is 0 Å². The Bertz CT molecular complexity index is 345. The van der Waals surface area contributed by atoms with E-state index in [4.69, 9.17) is 0 Å². The minimum Gasteiger partial charge on any atom is -0.203 e. The highest BCUT2D eigenvalue weighted by Crippen LogP contribution is 2.29. The lowest BCUT2D eigenvalue weighted by molar-refractivity contribution is 0.425. The normalized spacial score (nSPS) is 11.1. The second-order valence-corrected chi connectivity index (χ2v) is 4.22. The molecule has 1 aromatic rings. The molecule has 0 saturated heterocycles. The predicted molar refractivity (Wildman–Crippen MR) is 53.1 cm³/mol. The lowest BCUT2D eigenvalue weighted by Crippen LogP contribution is -2.07. The van der Waals surface area contributed by atoms with Crippen molar-refractivity contribution >= 4 is 22.6 Å². The molecule has 0 aromatic heterocycles. The minimum absolute atomic E-state index is 0.541. The lowest BCUT2D eigenvalue weighted by atomic mass is 10.0. The summed E-state index contributed by atoms with van der Waals surface area (Å²) >= 11 is 1.23. The molecule has 1 aromatic carbocycles. The van der Waals surface area contributed by atoms with Crippen LogP contribution in [0.4, 0.5) is 17.6 Å². The minimum atomic E-state index is -1.33. The molecule has 0 unspecified atom stereocenters. The Balaban J connectivity index is 3.60. The van der Waals surface area contributed by atoms with Gasteiger partial charge in [-0.1, -0.05) is 13.8 Å². The molecule has 5 heteroatoms. The van der Waals surface area contributed by atoms with Crippen molar-refractivity contribution in [3.8, 4) is 0 Å². The SMILES string of the molecule is CC(C)c1c(F)c(F)c(I)c(F)c1F. The van der Waals surface area contributed by atoms with E-state index in [-0.39, 0.29) is 0 Å². The summed E-state index contributed by atoms with van der Waals surface area (Å²) in [5.41, 5.74) is -0.541. The number of hydrogen-bond donors (Lipinski definition) is 0. The maximum absolute atomic E-state index is 13.2. The topological polar surface area (TPSA) is 0 Å². The summed E-state index contributed by atoms with van der Waals surface area (Å²) in [4.78, 5) is 0. The van der Waals surface area contributed by atoms with Crippen LogP contribution in [0, 0.1) is 26.8 Å². The molecule has 0 spiro atoms. The van der Waals surface area contributed by atoms with Crippen LogP contribution in [0.1, 0.15) is 25.3 Å². The van der Waals surface area contributed by atoms with Gasteiger partial charge in [-0.3, -0.25) is 0 Å². The van der Waals surface area contributed by atoms with Crippen LogP contribution in [0.3, 0.4) is 0 Å². The molecule has 0 aliphatic carbocycles. The van der Waals surface area contributed by atoms with Crippen LogP contribution in [-0.2, 0) is 0 Å². The summed E-state index contributed by atoms with van der Waals surface area (Å²) in [6.07, 6.45) is 0. The van der Waals surface area contributed by atoms with Crippen LogP contribution < -0.4 is 0 Å². The molecule has 0 amide bonds. The third-order valence-corrected chi connectivity index (χ3v) is 2.77. The molecule has 0 aliphatic rings. The fourth-order valence-electron chi connectivity index (χ4n) is 1.13. The molecule has 0 heterocycles. The zero-order chi connectivity index (χ0) is 11.0. The van der Waals surface area contributed by atoms with Crippen LogP contribution in [0.2, 0.25) is 0 Å². The predicted octanol–water partition coefficient (Wildman–Crippen LogP) is 3.97. The Hall–Kier alpha value is -0.330. The first kappa shape index (κ1) is 11.7. The van der Waals surface area contributed by atoms with Gasteiger partial charge in [-0.15, -0.1) is 0 Å². The van der Waals surface area contributed by atoms with Crippen molar-refractivity contribution in [2.75, 3.05) is 0 Å². The molecule has 14 heavy (non-hydrogen) atoms. The molecule has 0 radical (unpaired) electrons. The highest BCUT2D eigenvalue weighted by Gasteiger charge is 2.25. The Morgan fingerprint density at radius 1 is 0.857 bits per heavy atom. The van der Waals surface area contributed by atoms with Gasteiger partial charge in [0.2, 0.25) is 0 Å². The van der Waals surface area contributed by atoms with Crippen molar-refractivity contribution in [1.29, 1.82) is 0 Å². The Morgan fingerprint density at radius 3 is 1.50 bits per heavy atom. The van der Waals surface area contributed by atoms with Crippen molar-refractivity contribution in [1.82, 2.24) is 0 Å². The average molecular weight is 318 g/mol. The fourth-order valence-corrected chi connectivity index (χ4v) is 1.60. The summed E-state index contributed by atoms with van der Waals surface area (Å²) < 4.78 is 51.7. The molecular weight excluding hydrogens is 311 g/mol. The Labute approximate surface area is 92.5 Å². The van der Waals surface area contributed by atoms with E-state index in [1.807, 2.05) is 0 Å². The smallest absolute Gasteiger partial charge is 0.175 e. The first-order valence-corrected chi connectivity index (χ1v) is 4.97. The zero-order valence-electron chi connectivity index (χ0n) is 7.47. The number of benzene rings is 1. The van der Waals surface area contributed by atoms with E-state index in [2.05, 4.69) is 0 Å². The van der Waals surface area contributed by atoms with Crippen LogP contribution in [0.15, 0.2) is 0 Å². The van der Waals surface area contributed by atoms with Crippen molar-refractivity contribution in [2.45, 2.75) is 19.8 Å². The fraction of sp³-hybridized carbons (Fsp3) is 0.333. The van der Waals surface area contributed by atoms with Gasteiger partial charge in [0.15, 0.2) is 23.3 Å². The van der Waals surface area contributed by atoms with E-state index in [9.17, 15) is 17.6 Å². The average Bonchev–Trinajstić information content (AvgIpc) is 2.11. The molecule has 1 rings (SSSR count). The number of hydrogen-bond acceptors (Lipinski definition) is 0. The third-order valence-electron chi connectivity index (χ3n) is 1.82. The Kier molecular flexibility index (Phi) is 3.39. The van der Waals surface area contributed by atoms with Crippen molar-refractivity contribution < 1.29 is 17.6 Å². The molecule has 0 saturated carbocycles. The van der Waals surface area contributed by atoms with Crippen LogP contribution in [0.5, 0.6) is 0 Å². The monoisotopic (exact) mass is 318 g/mol. The van der Waals surface area contributed by atoms with Crippen LogP contribution in [0.25, 0.3) is 0 Å². The van der Waals surface area contributed by atoms with E-state index in [0.29, 0.717) is 0 Å². The molecule has 0 fully saturated rings. The molecule has 0 N–H and O–H groups in total. The lowest BCUT2D eigenvalue weighted by Gasteiger charge is -2.11. The van der Waals surface area contributed by atoms with Gasteiger partial charge >= 0.3 is 0 Å². The van der Waals surface area contributed by atoms with E-state index in [0.717, 1.165) is 0 Å². The standard InChI is InChI=1S/C9H7F4I/c1-3(2)4-5(10)7(12)9(14)8(13)6(4)11/h3H,1-2H3. The van der Waals surface area contributed by atoms with Gasteiger partial charge in [0.05, 0.1) is 3.57 Å². The van der Waals surface area contributed by atoms with Gasteiger partial charge in [-0.2, -0.15) is 0 Å². The highest BCUT2D eigenvalue weighted by molar-refractivity contribution is 14.1. The number of halogens is 5. The molecule has 78 valence electrons. The first-order chi connectivity index (χ1) is 6.37. The van der Waals surface area contributed by atoms with Crippen molar-refractivity contribution in [3.05, 3.63) is 32.4 Å². The van der Waals surface area contributed by atoms with Gasteiger partial charge in [-0.05, 0) is 28.5 Å². The summed E-state index contributed by atoms with van der Waals surface area (Å²) in [7, 11) is 0. The summed E-state index contributed by atoms with van der Waals surface area (Å²) in [6, 6.07) is 0. The maximum Gasteiger partial charge on any atom is 0.175 e. The van der Waals surface area contributed by atoms with Gasteiger partial charge in [0.1, 0.15) is 0 Å². The summed E-state index contributed by atoms with van der Waals surface area (Å²) in [5, 5.41) is 0. The summed E-state index contributed by atoms with van der Waals surface area (Å²) in [6.45, 7) is 2.93. The van der Waals surface area contributed by atoms with Crippen LogP contribution >= 0.6 is 22.6 Å². The van der Waals surface area contributed by atoms with E-state index >= 15 is 0 Å². The van der Waals surface area contributed by atoms with E-state index in [1.54, 1.807) is 0 Å². The van der Waals surface area contributed by atoms with Gasteiger partial charge in [-0.25, -0.2) is 17.6 Å². The van der Waals surface area contributed by atoms with Gasteiger partial charge in [0, 0.05) is 5.56 Å². The first-order valence-electron chi connectivity index (χ1n) is 3.89. The third kappa shape index (κ3) is 1.74. The maximum atomic E-state index is 13.2. The van der Waals surface area contributed by atoms with Gasteiger partial charge in [0.25, 0.3) is 0 Å². The molecule has 0 atom stereocenters. The molecule has 0 bridgehead atoms. The van der Waals surface area contributed by atoms with Crippen LogP contribution in [-0.4, -0.2) is 0 Å². The molecular formula is C9H7F4I. The zero-order valence-corrected chi connectivity index (χ0v) is 9.62. The Morgan fingerprint density at radius 2 is 1.21 bits per heavy atom. The van der Waals surface area contributed by atoms with Crippen molar-refractivity contribution in [3.63, 3.8) is 0 Å². The van der Waals surface area contributed by atoms with Gasteiger partial charge < -0.3 is 0 Å². The largest absolute Gasteiger partial charge is 0.203 e. The second kappa shape index (κ2) is 4.04. The van der Waals surface area contributed by atoms with E-state index in [1.165, 1.54) is 36.4 Å². The van der Waals surface area contributed by atoms with E-state index < -0.39 is 38.3 Å². The highest BCUT2D eigenvalue weighted by atomic mass is 127. The second-order valence-electron chi connectivity index (χ2n) is 3.14. The molecule has 0 nitrogen and oxygen atoms in total. The molecule has 0 aliphatic heterocycles. The quantitative estimate of drug-likeness (QED) is 0.318.